The number of ether oxygens (including phenoxy) is 2. The molecule has 3 atom stereocenters. The first-order valence-electron chi connectivity index (χ1n) is 7.78. The van der Waals surface area contributed by atoms with Gasteiger partial charge in [0.05, 0.1) is 18.8 Å². The Balaban J connectivity index is 2.17. The molecule has 0 radical (unpaired) electrons. The Morgan fingerprint density at radius 3 is 2.81 bits per heavy atom. The number of aliphatic hydroxyl groups is 1. The Morgan fingerprint density at radius 1 is 1.48 bits per heavy atom. The summed E-state index contributed by atoms with van der Waals surface area (Å²) in [6.07, 6.45) is 0.876. The van der Waals surface area contributed by atoms with E-state index in [2.05, 4.69) is 18.9 Å². The summed E-state index contributed by atoms with van der Waals surface area (Å²) in [5.74, 6) is 0.903. The number of hydrogen-bond acceptors (Lipinski definition) is 4. The summed E-state index contributed by atoms with van der Waals surface area (Å²) in [4.78, 5) is 2.32. The van der Waals surface area contributed by atoms with E-state index >= 15 is 0 Å². The lowest BCUT2D eigenvalue weighted by atomic mass is 10.0. The van der Waals surface area contributed by atoms with E-state index < -0.39 is 6.10 Å². The topological polar surface area (TPSA) is 41.9 Å². The molecule has 0 spiro atoms. The fraction of sp³-hybridized carbons (Fsp3) is 0.647. The Morgan fingerprint density at radius 2 is 2.24 bits per heavy atom. The largest absolute Gasteiger partial charge is 0.494 e. The van der Waals surface area contributed by atoms with Crippen molar-refractivity contribution in [2.75, 3.05) is 20.3 Å². The summed E-state index contributed by atoms with van der Waals surface area (Å²) in [5.41, 5.74) is 2.05. The molecule has 3 unspecified atom stereocenters. The summed E-state index contributed by atoms with van der Waals surface area (Å²) >= 11 is 0. The van der Waals surface area contributed by atoms with Gasteiger partial charge >= 0.3 is 0 Å². The number of likely N-dealkylation sites (N-methyl/N-ethyl adjacent to an activating group) is 1. The zero-order valence-corrected chi connectivity index (χ0v) is 13.5. The van der Waals surface area contributed by atoms with E-state index in [1.807, 2.05) is 25.1 Å². The highest BCUT2D eigenvalue weighted by molar-refractivity contribution is 5.38. The van der Waals surface area contributed by atoms with Crippen molar-refractivity contribution in [2.24, 2.45) is 0 Å². The lowest BCUT2D eigenvalue weighted by Gasteiger charge is -2.27. The maximum absolute atomic E-state index is 9.78. The molecule has 1 heterocycles. The molecule has 4 heteroatoms. The third kappa shape index (κ3) is 3.96. The van der Waals surface area contributed by atoms with E-state index in [0.717, 1.165) is 36.4 Å². The second-order valence-electron chi connectivity index (χ2n) is 5.82. The molecule has 4 nitrogen and oxygen atoms in total. The summed E-state index contributed by atoms with van der Waals surface area (Å²) in [6, 6.07) is 6.38. The second-order valence-corrected chi connectivity index (χ2v) is 5.82. The van der Waals surface area contributed by atoms with E-state index in [1.165, 1.54) is 0 Å². The summed E-state index contributed by atoms with van der Waals surface area (Å²) in [7, 11) is 2.13. The van der Waals surface area contributed by atoms with Crippen molar-refractivity contribution in [1.29, 1.82) is 0 Å². The zero-order valence-electron chi connectivity index (χ0n) is 13.5. The van der Waals surface area contributed by atoms with Crippen molar-refractivity contribution in [1.82, 2.24) is 4.90 Å². The van der Waals surface area contributed by atoms with Gasteiger partial charge < -0.3 is 14.6 Å². The van der Waals surface area contributed by atoms with Crippen LogP contribution >= 0.6 is 0 Å². The first kappa shape index (κ1) is 16.3. The van der Waals surface area contributed by atoms with Gasteiger partial charge in [-0.1, -0.05) is 6.07 Å². The molecular formula is C17H27NO3. The quantitative estimate of drug-likeness (QED) is 0.875. The van der Waals surface area contributed by atoms with Crippen LogP contribution in [0, 0.1) is 0 Å². The smallest absolute Gasteiger partial charge is 0.123 e. The van der Waals surface area contributed by atoms with Gasteiger partial charge in [0, 0.05) is 24.8 Å². The zero-order chi connectivity index (χ0) is 15.4. The molecule has 118 valence electrons. The molecule has 1 aliphatic rings. The van der Waals surface area contributed by atoms with Gasteiger partial charge in [0.25, 0.3) is 0 Å². The highest BCUT2D eigenvalue weighted by Gasteiger charge is 2.28. The van der Waals surface area contributed by atoms with Gasteiger partial charge in [-0.3, -0.25) is 4.90 Å². The Hall–Kier alpha value is -1.10. The molecule has 1 aromatic carbocycles. The summed E-state index contributed by atoms with van der Waals surface area (Å²) < 4.78 is 11.4. The van der Waals surface area contributed by atoms with Gasteiger partial charge in [-0.25, -0.2) is 0 Å². The average molecular weight is 293 g/mol. The van der Waals surface area contributed by atoms with Crippen molar-refractivity contribution in [3.8, 4) is 5.75 Å². The first-order valence-corrected chi connectivity index (χ1v) is 7.78. The van der Waals surface area contributed by atoms with E-state index in [9.17, 15) is 5.11 Å². The van der Waals surface area contributed by atoms with Gasteiger partial charge in [-0.2, -0.15) is 0 Å². The van der Waals surface area contributed by atoms with Crippen molar-refractivity contribution >= 4 is 0 Å². The predicted molar refractivity (Wildman–Crippen MR) is 83.5 cm³/mol. The Kier molecular flexibility index (Phi) is 5.62. The van der Waals surface area contributed by atoms with Crippen molar-refractivity contribution in [3.05, 3.63) is 29.3 Å². The fourth-order valence-electron chi connectivity index (χ4n) is 2.96. The average Bonchev–Trinajstić information content (AvgIpc) is 2.87. The standard InChI is InChI=1S/C17H27NO3/c1-5-20-17-7-6-14(12(2)19)10-15(17)11-18(4)16-8-9-21-13(16)3/h6-7,10,12-13,16,19H,5,8-9,11H2,1-4H3. The molecule has 2 rings (SSSR count). The number of rotatable bonds is 6. The molecule has 0 amide bonds. The molecular weight excluding hydrogens is 266 g/mol. The van der Waals surface area contributed by atoms with Crippen LogP contribution in [-0.2, 0) is 11.3 Å². The van der Waals surface area contributed by atoms with Gasteiger partial charge in [0.15, 0.2) is 0 Å². The molecule has 1 aromatic rings. The molecule has 1 fully saturated rings. The summed E-state index contributed by atoms with van der Waals surface area (Å²) in [5, 5.41) is 9.78. The Bertz CT molecular complexity index is 461. The highest BCUT2D eigenvalue weighted by Crippen LogP contribution is 2.27. The molecule has 0 saturated carbocycles. The van der Waals surface area contributed by atoms with Crippen LogP contribution < -0.4 is 4.74 Å². The monoisotopic (exact) mass is 293 g/mol. The Labute approximate surface area is 127 Å². The first-order chi connectivity index (χ1) is 10.0. The maximum atomic E-state index is 9.78. The predicted octanol–water partition coefficient (Wildman–Crippen LogP) is 2.75. The van der Waals surface area contributed by atoms with Crippen LogP contribution in [0.15, 0.2) is 18.2 Å². The van der Waals surface area contributed by atoms with Crippen LogP contribution in [-0.4, -0.2) is 42.4 Å². The third-order valence-electron chi connectivity index (χ3n) is 4.19. The van der Waals surface area contributed by atoms with Gasteiger partial charge in [0.1, 0.15) is 5.75 Å². The highest BCUT2D eigenvalue weighted by atomic mass is 16.5. The van der Waals surface area contributed by atoms with E-state index in [0.29, 0.717) is 12.6 Å². The SMILES string of the molecule is CCOc1ccc(C(C)O)cc1CN(C)C1CCOC1C. The van der Waals surface area contributed by atoms with Crippen LogP contribution in [0.5, 0.6) is 5.75 Å². The normalized spacial score (nSPS) is 23.5. The number of nitrogens with zero attached hydrogens (tertiary/aromatic N) is 1. The third-order valence-corrected chi connectivity index (χ3v) is 4.19. The van der Waals surface area contributed by atoms with Crippen molar-refractivity contribution < 1.29 is 14.6 Å². The lowest BCUT2D eigenvalue weighted by molar-refractivity contribution is 0.0810. The number of aliphatic hydroxyl groups excluding tert-OH is 1. The molecule has 0 bridgehead atoms. The van der Waals surface area contributed by atoms with Crippen LogP contribution in [0.3, 0.4) is 0 Å². The molecule has 0 aromatic heterocycles. The van der Waals surface area contributed by atoms with Gasteiger partial charge in [-0.05, 0) is 51.9 Å². The molecule has 0 aliphatic carbocycles. The molecule has 1 N–H and O–H groups in total. The minimum atomic E-state index is -0.460. The number of hydrogen-bond donors (Lipinski definition) is 1. The van der Waals surface area contributed by atoms with E-state index in [1.54, 1.807) is 6.92 Å². The van der Waals surface area contributed by atoms with Crippen LogP contribution in [0.4, 0.5) is 0 Å². The number of benzene rings is 1. The fourth-order valence-corrected chi connectivity index (χ4v) is 2.96. The lowest BCUT2D eigenvalue weighted by Crippen LogP contribution is -2.36. The van der Waals surface area contributed by atoms with Gasteiger partial charge in [-0.15, -0.1) is 0 Å². The van der Waals surface area contributed by atoms with Gasteiger partial charge in [0.2, 0.25) is 0 Å². The van der Waals surface area contributed by atoms with E-state index in [-0.39, 0.29) is 6.10 Å². The summed E-state index contributed by atoms with van der Waals surface area (Å²) in [6.45, 7) is 8.19. The molecule has 1 aliphatic heterocycles. The van der Waals surface area contributed by atoms with Crippen LogP contribution in [0.1, 0.15) is 44.4 Å². The van der Waals surface area contributed by atoms with Crippen LogP contribution in [0.2, 0.25) is 0 Å². The maximum Gasteiger partial charge on any atom is 0.123 e. The molecule has 1 saturated heterocycles. The minimum absolute atomic E-state index is 0.269. The van der Waals surface area contributed by atoms with Crippen molar-refractivity contribution in [3.63, 3.8) is 0 Å². The van der Waals surface area contributed by atoms with Crippen molar-refractivity contribution in [2.45, 2.75) is 52.0 Å². The minimum Gasteiger partial charge on any atom is -0.494 e. The second kappa shape index (κ2) is 7.25. The van der Waals surface area contributed by atoms with E-state index in [4.69, 9.17) is 9.47 Å². The molecule has 21 heavy (non-hydrogen) atoms. The van der Waals surface area contributed by atoms with Crippen LogP contribution in [0.25, 0.3) is 0 Å².